The Morgan fingerprint density at radius 3 is 2.73 bits per heavy atom. The molecule has 0 atom stereocenters. The zero-order valence-corrected chi connectivity index (χ0v) is 18.4. The lowest BCUT2D eigenvalue weighted by molar-refractivity contribution is 0.0438. The maximum Gasteiger partial charge on any atom is 0.253 e. The summed E-state index contributed by atoms with van der Waals surface area (Å²) in [5, 5.41) is 3.11. The second-order valence-electron chi connectivity index (χ2n) is 7.28. The molecule has 8 heteroatoms. The summed E-state index contributed by atoms with van der Waals surface area (Å²) in [6.07, 6.45) is 0.535. The fourth-order valence-corrected chi connectivity index (χ4v) is 4.38. The number of nitrogens with one attached hydrogen (secondary N) is 1. The Labute approximate surface area is 184 Å². The van der Waals surface area contributed by atoms with E-state index in [0.717, 1.165) is 16.4 Å². The molecule has 0 radical (unpaired) electrons. The number of likely N-dealkylation sites (tertiary alicyclic amines) is 1. The van der Waals surface area contributed by atoms with Gasteiger partial charge in [0, 0.05) is 55.2 Å². The number of ether oxygens (including phenoxy) is 1. The highest BCUT2D eigenvalue weighted by Crippen LogP contribution is 2.28. The van der Waals surface area contributed by atoms with E-state index in [1.54, 1.807) is 23.8 Å². The highest BCUT2D eigenvalue weighted by Gasteiger charge is 2.35. The lowest BCUT2D eigenvalue weighted by Crippen LogP contribution is -2.49. The molecule has 3 rings (SSSR count). The molecule has 0 unspecified atom stereocenters. The third-order valence-electron chi connectivity index (χ3n) is 5.14. The molecule has 0 bridgehead atoms. The Hall–Kier alpha value is -1.83. The van der Waals surface area contributed by atoms with Crippen LogP contribution in [0.3, 0.4) is 0 Å². The van der Waals surface area contributed by atoms with Crippen LogP contribution in [0.4, 0.5) is 8.78 Å². The van der Waals surface area contributed by atoms with Crippen molar-refractivity contribution in [2.24, 2.45) is 0 Å². The van der Waals surface area contributed by atoms with E-state index in [4.69, 9.17) is 16.3 Å². The second kappa shape index (κ2) is 10.5. The highest BCUT2D eigenvalue weighted by molar-refractivity contribution is 7.99. The SMILES string of the molecule is COc1cccc(SCCNCC2(F)CCN(C(=O)c3ccc(F)c(Cl)c3)CC2)c1. The van der Waals surface area contributed by atoms with Gasteiger partial charge in [-0.2, -0.15) is 0 Å². The van der Waals surface area contributed by atoms with E-state index >= 15 is 4.39 Å². The molecule has 0 spiro atoms. The Balaban J connectivity index is 1.40. The molecule has 2 aromatic carbocycles. The highest BCUT2D eigenvalue weighted by atomic mass is 35.5. The molecule has 0 saturated carbocycles. The van der Waals surface area contributed by atoms with Gasteiger partial charge in [-0.05, 0) is 36.4 Å². The van der Waals surface area contributed by atoms with Crippen LogP contribution in [0.15, 0.2) is 47.4 Å². The monoisotopic (exact) mass is 454 g/mol. The van der Waals surface area contributed by atoms with Gasteiger partial charge < -0.3 is 15.0 Å². The lowest BCUT2D eigenvalue weighted by Gasteiger charge is -2.36. The van der Waals surface area contributed by atoms with E-state index in [1.165, 1.54) is 18.2 Å². The van der Waals surface area contributed by atoms with Gasteiger partial charge in [0.25, 0.3) is 5.91 Å². The van der Waals surface area contributed by atoms with Crippen molar-refractivity contribution in [3.63, 3.8) is 0 Å². The fourth-order valence-electron chi connectivity index (χ4n) is 3.34. The molecule has 1 aliphatic heterocycles. The van der Waals surface area contributed by atoms with Gasteiger partial charge in [0.1, 0.15) is 17.2 Å². The van der Waals surface area contributed by atoms with Gasteiger partial charge in [-0.1, -0.05) is 17.7 Å². The van der Waals surface area contributed by atoms with Crippen LogP contribution in [0, 0.1) is 5.82 Å². The smallest absolute Gasteiger partial charge is 0.253 e. The maximum atomic E-state index is 15.1. The Bertz CT molecular complexity index is 876. The molecule has 30 heavy (non-hydrogen) atoms. The van der Waals surface area contributed by atoms with Gasteiger partial charge in [-0.25, -0.2) is 8.78 Å². The third-order valence-corrected chi connectivity index (χ3v) is 6.43. The fraction of sp³-hybridized carbons (Fsp3) is 0.409. The van der Waals surface area contributed by atoms with Crippen molar-refractivity contribution in [2.45, 2.75) is 23.4 Å². The average Bonchev–Trinajstić information content (AvgIpc) is 2.75. The van der Waals surface area contributed by atoms with Crippen LogP contribution in [0.5, 0.6) is 5.75 Å². The summed E-state index contributed by atoms with van der Waals surface area (Å²) in [6, 6.07) is 11.7. The first-order chi connectivity index (χ1) is 14.4. The van der Waals surface area contributed by atoms with Crippen molar-refractivity contribution in [3.05, 3.63) is 58.9 Å². The number of nitrogens with zero attached hydrogens (tertiary/aromatic N) is 1. The van der Waals surface area contributed by atoms with E-state index in [2.05, 4.69) is 5.32 Å². The molecule has 1 amide bonds. The van der Waals surface area contributed by atoms with E-state index in [0.29, 0.717) is 25.2 Å². The summed E-state index contributed by atoms with van der Waals surface area (Å²) in [6.45, 7) is 1.59. The van der Waals surface area contributed by atoms with Crippen molar-refractivity contribution >= 4 is 29.3 Å². The van der Waals surface area contributed by atoms with E-state index in [1.807, 2.05) is 24.3 Å². The molecular formula is C22H25ClF2N2O2S. The van der Waals surface area contributed by atoms with Crippen LogP contribution < -0.4 is 10.1 Å². The minimum Gasteiger partial charge on any atom is -0.497 e. The minimum atomic E-state index is -1.34. The first-order valence-electron chi connectivity index (χ1n) is 9.81. The van der Waals surface area contributed by atoms with Gasteiger partial charge in [0.05, 0.1) is 12.1 Å². The number of hydrogen-bond acceptors (Lipinski definition) is 4. The second-order valence-corrected chi connectivity index (χ2v) is 8.85. The zero-order valence-electron chi connectivity index (χ0n) is 16.8. The van der Waals surface area contributed by atoms with Crippen molar-refractivity contribution in [2.75, 3.05) is 39.0 Å². The molecule has 1 saturated heterocycles. The molecule has 0 aliphatic carbocycles. The molecule has 4 nitrogen and oxygen atoms in total. The number of thioether (sulfide) groups is 1. The van der Waals surface area contributed by atoms with Crippen LogP contribution >= 0.6 is 23.4 Å². The van der Waals surface area contributed by atoms with E-state index in [9.17, 15) is 9.18 Å². The van der Waals surface area contributed by atoms with Crippen LogP contribution in [0.2, 0.25) is 5.02 Å². The van der Waals surface area contributed by atoms with Gasteiger partial charge in [-0.3, -0.25) is 4.79 Å². The van der Waals surface area contributed by atoms with Crippen molar-refractivity contribution < 1.29 is 18.3 Å². The topological polar surface area (TPSA) is 41.6 Å². The molecule has 0 aromatic heterocycles. The average molecular weight is 455 g/mol. The molecule has 1 fully saturated rings. The van der Waals surface area contributed by atoms with Gasteiger partial charge in [-0.15, -0.1) is 11.8 Å². The number of halogens is 3. The van der Waals surface area contributed by atoms with E-state index in [-0.39, 0.29) is 30.3 Å². The molecule has 1 N–H and O–H groups in total. The Morgan fingerprint density at radius 1 is 1.27 bits per heavy atom. The van der Waals surface area contributed by atoms with Crippen molar-refractivity contribution in [3.8, 4) is 5.75 Å². The Morgan fingerprint density at radius 2 is 2.03 bits per heavy atom. The van der Waals surface area contributed by atoms with Crippen molar-refractivity contribution in [1.29, 1.82) is 0 Å². The van der Waals surface area contributed by atoms with E-state index < -0.39 is 11.5 Å². The normalized spacial score (nSPS) is 15.8. The van der Waals surface area contributed by atoms with Crippen LogP contribution in [-0.2, 0) is 0 Å². The van der Waals surface area contributed by atoms with Crippen molar-refractivity contribution in [1.82, 2.24) is 10.2 Å². The maximum absolute atomic E-state index is 15.1. The minimum absolute atomic E-state index is 0.0892. The van der Waals surface area contributed by atoms with Gasteiger partial charge in [0.2, 0.25) is 0 Å². The number of hydrogen-bond donors (Lipinski definition) is 1. The number of benzene rings is 2. The van der Waals surface area contributed by atoms with Crippen LogP contribution in [0.1, 0.15) is 23.2 Å². The first kappa shape index (κ1) is 22.8. The number of methoxy groups -OCH3 is 1. The molecule has 1 heterocycles. The van der Waals surface area contributed by atoms with Gasteiger partial charge >= 0.3 is 0 Å². The summed E-state index contributed by atoms with van der Waals surface area (Å²) in [7, 11) is 1.64. The summed E-state index contributed by atoms with van der Waals surface area (Å²) in [5.41, 5.74) is -1.02. The summed E-state index contributed by atoms with van der Waals surface area (Å²) in [4.78, 5) is 15.3. The summed E-state index contributed by atoms with van der Waals surface area (Å²) in [5.74, 6) is 0.825. The summed E-state index contributed by atoms with van der Waals surface area (Å²) < 4.78 is 33.6. The number of piperidine rings is 1. The number of rotatable bonds is 8. The largest absolute Gasteiger partial charge is 0.497 e. The number of alkyl halides is 1. The quantitative estimate of drug-likeness (QED) is 0.459. The van der Waals surface area contributed by atoms with Crippen LogP contribution in [0.25, 0.3) is 0 Å². The molecular weight excluding hydrogens is 430 g/mol. The third kappa shape index (κ3) is 6.09. The zero-order chi connectivity index (χ0) is 21.6. The first-order valence-corrected chi connectivity index (χ1v) is 11.2. The number of amides is 1. The molecule has 2 aromatic rings. The molecule has 162 valence electrons. The lowest BCUT2D eigenvalue weighted by atomic mass is 9.93. The standard InChI is InChI=1S/C22H25ClF2N2O2S/c1-29-17-3-2-4-18(14-17)30-12-9-26-15-22(25)7-10-27(11-8-22)21(28)16-5-6-20(24)19(23)13-16/h2-6,13-14,26H,7-12,15H2,1H3. The van der Waals surface area contributed by atoms with Gasteiger partial charge in [0.15, 0.2) is 0 Å². The summed E-state index contributed by atoms with van der Waals surface area (Å²) >= 11 is 7.44. The number of carbonyl (C=O) groups is 1. The van der Waals surface area contributed by atoms with Crippen LogP contribution in [-0.4, -0.2) is 55.5 Å². The molecule has 1 aliphatic rings. The number of carbonyl (C=O) groups excluding carboxylic acids is 1. The predicted molar refractivity (Wildman–Crippen MR) is 117 cm³/mol. The predicted octanol–water partition coefficient (Wildman–Crippen LogP) is 4.81. The Kier molecular flexibility index (Phi) is 7.97.